The van der Waals surface area contributed by atoms with E-state index in [1.807, 2.05) is 0 Å². The molecule has 0 fully saturated rings. The molecule has 0 aliphatic carbocycles. The van der Waals surface area contributed by atoms with Crippen LogP contribution in [0.5, 0.6) is 0 Å². The van der Waals surface area contributed by atoms with Crippen LogP contribution < -0.4 is 0 Å². The fourth-order valence-corrected chi connectivity index (χ4v) is 6.06. The van der Waals surface area contributed by atoms with Crippen LogP contribution in [0.4, 0.5) is 0 Å². The van der Waals surface area contributed by atoms with Crippen molar-refractivity contribution in [2.75, 3.05) is 0 Å². The van der Waals surface area contributed by atoms with Crippen LogP contribution in [0, 0.1) is 0 Å². The lowest BCUT2D eigenvalue weighted by atomic mass is 10.0. The Morgan fingerprint density at radius 2 is 0.903 bits per heavy atom. The van der Waals surface area contributed by atoms with Gasteiger partial charge in [-0.3, -0.25) is 2.78 Å². The fourth-order valence-electron chi connectivity index (χ4n) is 5.12. The van der Waals surface area contributed by atoms with E-state index < -0.39 is 0 Å². The van der Waals surface area contributed by atoms with Crippen molar-refractivity contribution < 1.29 is 0 Å². The molecular formula is C28H17IN2. The molecule has 0 unspecified atom stereocenters. The smallest absolute Gasteiger partial charge is 0.0669 e. The molecule has 5 aromatic carbocycles. The van der Waals surface area contributed by atoms with Gasteiger partial charge in [-0.1, -0.05) is 78.9 Å². The third-order valence-electron chi connectivity index (χ3n) is 6.42. The van der Waals surface area contributed by atoms with Crippen molar-refractivity contribution in [3.8, 4) is 5.69 Å². The maximum atomic E-state index is 2.45. The van der Waals surface area contributed by atoms with Gasteiger partial charge in [-0.2, -0.15) is 0 Å². The fraction of sp³-hybridized carbons (Fsp3) is 0. The Morgan fingerprint density at radius 1 is 0.419 bits per heavy atom. The third kappa shape index (κ3) is 2.27. The molecule has 0 amide bonds. The van der Waals surface area contributed by atoms with Crippen molar-refractivity contribution >= 4 is 77.2 Å². The zero-order valence-electron chi connectivity index (χ0n) is 16.6. The van der Waals surface area contributed by atoms with E-state index in [9.17, 15) is 0 Å². The SMILES string of the molecule is In1c2ccccc2c2ccc3c(ccc4c5ccccc5n(-c5ccccc5)c34)c21. The second-order valence-corrected chi connectivity index (χ2v) is 8.97. The molecule has 3 heteroatoms. The van der Waals surface area contributed by atoms with Crippen molar-refractivity contribution in [3.05, 3.63) is 103 Å². The zero-order valence-corrected chi connectivity index (χ0v) is 18.7. The van der Waals surface area contributed by atoms with Crippen LogP contribution in [0.3, 0.4) is 0 Å². The Balaban J connectivity index is 1.75. The molecule has 0 spiro atoms. The van der Waals surface area contributed by atoms with Crippen molar-refractivity contribution in [2.45, 2.75) is 0 Å². The van der Waals surface area contributed by atoms with Crippen molar-refractivity contribution in [1.29, 1.82) is 0 Å². The van der Waals surface area contributed by atoms with Crippen LogP contribution in [0.1, 0.15) is 0 Å². The minimum absolute atomic E-state index is 1.19. The van der Waals surface area contributed by atoms with Crippen LogP contribution in [0.25, 0.3) is 60.1 Å². The molecule has 0 saturated heterocycles. The number of hydrogen-bond acceptors (Lipinski definition) is 0. The standard InChI is InChI=1S/C28H17IN2/c29-31-26-13-7-5-11-20(26)22-15-16-23-24(28(22)31)17-14-21-19-10-4-6-12-25(19)30(27(21)23)18-8-2-1-3-9-18/h1-17H. The monoisotopic (exact) mass is 508 g/mol. The van der Waals surface area contributed by atoms with Crippen molar-refractivity contribution in [2.24, 2.45) is 0 Å². The maximum absolute atomic E-state index is 2.45. The van der Waals surface area contributed by atoms with Gasteiger partial charge in [0.1, 0.15) is 0 Å². The lowest BCUT2D eigenvalue weighted by Crippen LogP contribution is -1.94. The number of hydrogen-bond donors (Lipinski definition) is 0. The summed E-state index contributed by atoms with van der Waals surface area (Å²) in [5.74, 6) is 0. The average Bonchev–Trinajstić information content (AvgIpc) is 3.33. The van der Waals surface area contributed by atoms with Crippen LogP contribution in [-0.4, -0.2) is 7.35 Å². The van der Waals surface area contributed by atoms with E-state index in [1.54, 1.807) is 0 Å². The highest BCUT2D eigenvalue weighted by molar-refractivity contribution is 14.1. The van der Waals surface area contributed by atoms with E-state index in [1.165, 1.54) is 60.1 Å². The summed E-state index contributed by atoms with van der Waals surface area (Å²) in [5.41, 5.74) is 6.25. The van der Waals surface area contributed by atoms with Gasteiger partial charge in [-0.15, -0.1) is 0 Å². The predicted molar refractivity (Wildman–Crippen MR) is 141 cm³/mol. The summed E-state index contributed by atoms with van der Waals surface area (Å²) < 4.78 is 4.73. The van der Waals surface area contributed by atoms with Gasteiger partial charge in [-0.05, 0) is 24.3 Å². The van der Waals surface area contributed by atoms with Crippen LogP contribution in [0.2, 0.25) is 0 Å². The molecule has 0 saturated carbocycles. The van der Waals surface area contributed by atoms with E-state index in [0.29, 0.717) is 0 Å². The number of aromatic nitrogens is 2. The summed E-state index contributed by atoms with van der Waals surface area (Å²) in [5, 5.41) is 7.76. The molecule has 146 valence electrons. The predicted octanol–water partition coefficient (Wildman–Crippen LogP) is 8.24. The summed E-state index contributed by atoms with van der Waals surface area (Å²) in [6.07, 6.45) is 0. The largest absolute Gasteiger partial charge is 0.309 e. The van der Waals surface area contributed by atoms with Gasteiger partial charge in [0.05, 0.1) is 44.9 Å². The van der Waals surface area contributed by atoms with Crippen molar-refractivity contribution in [1.82, 2.24) is 7.35 Å². The molecule has 2 aromatic heterocycles. The van der Waals surface area contributed by atoms with Gasteiger partial charge < -0.3 is 4.57 Å². The summed E-state index contributed by atoms with van der Waals surface area (Å²) in [6, 6.07) is 37.3. The van der Waals surface area contributed by atoms with E-state index in [-0.39, 0.29) is 0 Å². The lowest BCUT2D eigenvalue weighted by molar-refractivity contribution is 1.19. The Hall–Kier alpha value is -3.31. The highest BCUT2D eigenvalue weighted by atomic mass is 127. The van der Waals surface area contributed by atoms with Gasteiger partial charge in [0.15, 0.2) is 0 Å². The number of nitrogens with zero attached hydrogens (tertiary/aromatic N) is 2. The number of halogens is 1. The summed E-state index contributed by atoms with van der Waals surface area (Å²) >= 11 is 2.45. The van der Waals surface area contributed by atoms with Crippen molar-refractivity contribution in [3.63, 3.8) is 0 Å². The Kier molecular flexibility index (Phi) is 3.56. The number of rotatable bonds is 1. The van der Waals surface area contributed by atoms with E-state index in [2.05, 4.69) is 133 Å². The molecule has 0 N–H and O–H groups in total. The molecule has 0 bridgehead atoms. The quantitative estimate of drug-likeness (QED) is 0.198. The summed E-state index contributed by atoms with van der Waals surface area (Å²) in [7, 11) is 0. The number of fused-ring (bicyclic) bond motifs is 9. The Labute approximate surface area is 192 Å². The molecule has 0 aliphatic rings. The Bertz CT molecular complexity index is 1790. The Morgan fingerprint density at radius 3 is 1.61 bits per heavy atom. The molecule has 2 heterocycles. The molecular weight excluding hydrogens is 491 g/mol. The second-order valence-electron chi connectivity index (χ2n) is 8.00. The maximum Gasteiger partial charge on any atom is 0.0669 e. The summed E-state index contributed by atoms with van der Waals surface area (Å²) in [6.45, 7) is 0. The van der Waals surface area contributed by atoms with Crippen LogP contribution in [-0.2, 0) is 0 Å². The van der Waals surface area contributed by atoms with Crippen LogP contribution >= 0.6 is 22.9 Å². The minimum Gasteiger partial charge on any atom is -0.309 e. The average molecular weight is 508 g/mol. The van der Waals surface area contributed by atoms with Gasteiger partial charge in [0.2, 0.25) is 0 Å². The van der Waals surface area contributed by atoms with Gasteiger partial charge in [-0.25, -0.2) is 0 Å². The lowest BCUT2D eigenvalue weighted by Gasteiger charge is -2.10. The van der Waals surface area contributed by atoms with Gasteiger partial charge >= 0.3 is 0 Å². The highest BCUT2D eigenvalue weighted by Crippen LogP contribution is 2.41. The topological polar surface area (TPSA) is 9.86 Å². The van der Waals surface area contributed by atoms with Gasteiger partial charge in [0, 0.05) is 38.0 Å². The second kappa shape index (κ2) is 6.34. The molecule has 7 aromatic rings. The molecule has 0 radical (unpaired) electrons. The summed E-state index contributed by atoms with van der Waals surface area (Å²) in [4.78, 5) is 0. The molecule has 0 aliphatic heterocycles. The van der Waals surface area contributed by atoms with Gasteiger partial charge in [0.25, 0.3) is 0 Å². The normalized spacial score (nSPS) is 12.0. The first-order chi connectivity index (χ1) is 15.3. The third-order valence-corrected chi connectivity index (χ3v) is 7.42. The highest BCUT2D eigenvalue weighted by Gasteiger charge is 2.18. The molecule has 2 nitrogen and oxygen atoms in total. The van der Waals surface area contributed by atoms with E-state index in [4.69, 9.17) is 0 Å². The first-order valence-electron chi connectivity index (χ1n) is 10.4. The number of para-hydroxylation sites is 3. The van der Waals surface area contributed by atoms with E-state index >= 15 is 0 Å². The zero-order chi connectivity index (χ0) is 20.5. The first-order valence-corrected chi connectivity index (χ1v) is 11.4. The first kappa shape index (κ1) is 17.4. The minimum atomic E-state index is 1.19. The van der Waals surface area contributed by atoms with E-state index in [0.717, 1.165) is 0 Å². The molecule has 0 atom stereocenters. The molecule has 7 rings (SSSR count). The molecule has 31 heavy (non-hydrogen) atoms. The van der Waals surface area contributed by atoms with Crippen LogP contribution in [0.15, 0.2) is 103 Å². The number of benzene rings is 5.